The fourth-order valence-corrected chi connectivity index (χ4v) is 7.48. The fraction of sp³-hybridized carbons (Fsp3) is 0.209. The van der Waals surface area contributed by atoms with Crippen LogP contribution >= 0.6 is 0 Å². The minimum atomic E-state index is -0.366. The van der Waals surface area contributed by atoms with Crippen LogP contribution in [0.25, 0.3) is 17.2 Å². The SMILES string of the molecule is Bc1ccc2c(c1)C(=O)/C(=C\c1ccc3c(c1)C(C)(C)c1cc(-c4c(C(C)C)cccc4C(C)C)ccc1N3c1ccccc1)C2=O. The fourth-order valence-electron chi connectivity index (χ4n) is 7.48. The van der Waals surface area contributed by atoms with Crippen LogP contribution in [0, 0.1) is 0 Å². The number of hydrogen-bond donors (Lipinski definition) is 0. The lowest BCUT2D eigenvalue weighted by Gasteiger charge is -2.42. The van der Waals surface area contributed by atoms with Crippen molar-refractivity contribution in [1.82, 2.24) is 0 Å². The summed E-state index contributed by atoms with van der Waals surface area (Å²) >= 11 is 0. The van der Waals surface area contributed by atoms with Gasteiger partial charge in [-0.05, 0) is 93.3 Å². The highest BCUT2D eigenvalue weighted by molar-refractivity contribution is 6.43. The van der Waals surface area contributed by atoms with E-state index < -0.39 is 0 Å². The summed E-state index contributed by atoms with van der Waals surface area (Å²) in [6.45, 7) is 13.7. The Hall–Kier alpha value is -4.96. The van der Waals surface area contributed by atoms with Crippen LogP contribution in [0.3, 0.4) is 0 Å². The average molecular weight is 614 g/mol. The summed E-state index contributed by atoms with van der Waals surface area (Å²) < 4.78 is 0. The third-order valence-electron chi connectivity index (χ3n) is 9.99. The first kappa shape index (κ1) is 30.7. The molecule has 1 aliphatic heterocycles. The van der Waals surface area contributed by atoms with Crippen molar-refractivity contribution in [3.63, 3.8) is 0 Å². The van der Waals surface area contributed by atoms with Gasteiger partial charge in [-0.25, -0.2) is 0 Å². The maximum atomic E-state index is 13.4. The largest absolute Gasteiger partial charge is 0.310 e. The zero-order valence-corrected chi connectivity index (χ0v) is 28.3. The van der Waals surface area contributed by atoms with Crippen molar-refractivity contribution in [2.45, 2.75) is 58.8 Å². The lowest BCUT2D eigenvalue weighted by Crippen LogP contribution is -2.30. The monoisotopic (exact) mass is 613 g/mol. The number of nitrogens with zero attached hydrogens (tertiary/aromatic N) is 1. The molecule has 0 saturated heterocycles. The summed E-state index contributed by atoms with van der Waals surface area (Å²) in [7, 11) is 1.94. The summed E-state index contributed by atoms with van der Waals surface area (Å²) in [6, 6.07) is 36.0. The summed E-state index contributed by atoms with van der Waals surface area (Å²) in [5, 5.41) is 0. The molecule has 2 aliphatic rings. The third-order valence-corrected chi connectivity index (χ3v) is 9.99. The van der Waals surface area contributed by atoms with Gasteiger partial charge in [0, 0.05) is 22.2 Å². The smallest absolute Gasteiger partial charge is 0.197 e. The second kappa shape index (κ2) is 11.4. The first-order valence-electron chi connectivity index (χ1n) is 16.7. The molecule has 0 N–H and O–H groups in total. The zero-order valence-electron chi connectivity index (χ0n) is 28.3. The first-order valence-corrected chi connectivity index (χ1v) is 16.7. The number of Topliss-reactive ketones (excluding diaryl/α,β-unsaturated/α-hetero) is 2. The molecule has 232 valence electrons. The van der Waals surface area contributed by atoms with Gasteiger partial charge in [0.05, 0.1) is 16.9 Å². The topological polar surface area (TPSA) is 37.4 Å². The molecule has 47 heavy (non-hydrogen) atoms. The maximum Gasteiger partial charge on any atom is 0.197 e. The number of ketones is 2. The molecule has 0 spiro atoms. The van der Waals surface area contributed by atoms with E-state index in [2.05, 4.69) is 119 Å². The van der Waals surface area contributed by atoms with Crippen LogP contribution in [0.1, 0.15) is 102 Å². The highest BCUT2D eigenvalue weighted by Gasteiger charge is 2.38. The van der Waals surface area contributed by atoms with Crippen molar-refractivity contribution in [2.75, 3.05) is 4.90 Å². The Morgan fingerprint density at radius 1 is 0.660 bits per heavy atom. The predicted octanol–water partition coefficient (Wildman–Crippen LogP) is 9.43. The van der Waals surface area contributed by atoms with Gasteiger partial charge >= 0.3 is 0 Å². The van der Waals surface area contributed by atoms with Gasteiger partial charge in [0.25, 0.3) is 0 Å². The Morgan fingerprint density at radius 2 is 1.28 bits per heavy atom. The summed E-state index contributed by atoms with van der Waals surface area (Å²) in [5.74, 6) is 0.380. The molecule has 0 atom stereocenters. The Labute approximate surface area is 279 Å². The minimum absolute atomic E-state index is 0.198. The molecule has 4 heteroatoms. The van der Waals surface area contributed by atoms with Crippen LogP contribution in [0.5, 0.6) is 0 Å². The number of carbonyl (C=O) groups is 2. The van der Waals surface area contributed by atoms with Gasteiger partial charge in [-0.15, -0.1) is 0 Å². The number of rotatable bonds is 5. The molecule has 0 bridgehead atoms. The number of benzene rings is 5. The van der Waals surface area contributed by atoms with E-state index in [1.54, 1.807) is 12.1 Å². The van der Waals surface area contributed by atoms with Crippen LogP contribution in [-0.2, 0) is 5.41 Å². The van der Waals surface area contributed by atoms with Crippen LogP contribution < -0.4 is 10.4 Å². The van der Waals surface area contributed by atoms with Gasteiger partial charge in [-0.3, -0.25) is 9.59 Å². The Morgan fingerprint density at radius 3 is 1.94 bits per heavy atom. The molecule has 0 radical (unpaired) electrons. The van der Waals surface area contributed by atoms with Crippen molar-refractivity contribution in [1.29, 1.82) is 0 Å². The van der Waals surface area contributed by atoms with Crippen molar-refractivity contribution in [3.8, 4) is 11.1 Å². The molecule has 1 heterocycles. The van der Waals surface area contributed by atoms with Gasteiger partial charge in [0.2, 0.25) is 0 Å². The molecule has 3 nitrogen and oxygen atoms in total. The zero-order chi connectivity index (χ0) is 33.2. The molecule has 0 fully saturated rings. The van der Waals surface area contributed by atoms with E-state index in [-0.39, 0.29) is 22.6 Å². The van der Waals surface area contributed by atoms with Gasteiger partial charge < -0.3 is 4.90 Å². The van der Waals surface area contributed by atoms with Gasteiger partial charge in [-0.2, -0.15) is 0 Å². The lowest BCUT2D eigenvalue weighted by molar-refractivity contribution is 0.0990. The molecule has 5 aromatic rings. The van der Waals surface area contributed by atoms with E-state index in [0.29, 0.717) is 23.0 Å². The summed E-state index contributed by atoms with van der Waals surface area (Å²) in [5.41, 5.74) is 13.7. The minimum Gasteiger partial charge on any atom is -0.310 e. The highest BCUT2D eigenvalue weighted by Crippen LogP contribution is 2.53. The van der Waals surface area contributed by atoms with Crippen LogP contribution in [0.2, 0.25) is 0 Å². The van der Waals surface area contributed by atoms with Crippen molar-refractivity contribution in [2.24, 2.45) is 0 Å². The Kier molecular flexibility index (Phi) is 7.43. The molecular weight excluding hydrogens is 573 g/mol. The molecule has 7 rings (SSSR count). The van der Waals surface area contributed by atoms with Gasteiger partial charge in [0.1, 0.15) is 7.85 Å². The van der Waals surface area contributed by atoms with Gasteiger partial charge in [-0.1, -0.05) is 114 Å². The van der Waals surface area contributed by atoms with E-state index in [9.17, 15) is 9.59 Å². The van der Waals surface area contributed by atoms with Crippen molar-refractivity contribution < 1.29 is 9.59 Å². The van der Waals surface area contributed by atoms with E-state index >= 15 is 0 Å². The molecule has 0 saturated carbocycles. The molecule has 1 aliphatic carbocycles. The Bertz CT molecular complexity index is 2090. The number of para-hydroxylation sites is 1. The molecule has 0 unspecified atom stereocenters. The van der Waals surface area contributed by atoms with E-state index in [0.717, 1.165) is 33.7 Å². The maximum absolute atomic E-state index is 13.4. The standard InChI is InChI=1S/C43H40BNO2/c1-25(2)31-13-10-14-32(26(3)4)40(31)28-16-20-39-37(23-28)43(5,6)36-22-27(15-19-38(36)45(39)30-11-8-7-9-12-30)21-35-41(46)33-18-17-29(44)24-34(33)42(35)47/h7-26H,44H2,1-6H3/b35-21-. The lowest BCUT2D eigenvalue weighted by atomic mass is 9.72. The highest BCUT2D eigenvalue weighted by atomic mass is 16.2. The summed E-state index contributed by atoms with van der Waals surface area (Å²) in [6.07, 6.45) is 1.78. The first-order chi connectivity index (χ1) is 22.5. The number of fused-ring (bicyclic) bond motifs is 3. The molecular formula is C43H40BNO2. The average Bonchev–Trinajstić information content (AvgIpc) is 3.29. The molecule has 0 amide bonds. The summed E-state index contributed by atoms with van der Waals surface area (Å²) in [4.78, 5) is 29.1. The third kappa shape index (κ3) is 4.98. The normalized spacial score (nSPS) is 15.7. The van der Waals surface area contributed by atoms with Crippen molar-refractivity contribution in [3.05, 3.63) is 148 Å². The van der Waals surface area contributed by atoms with Crippen LogP contribution in [-0.4, -0.2) is 19.4 Å². The van der Waals surface area contributed by atoms with E-state index in [1.165, 1.54) is 27.8 Å². The van der Waals surface area contributed by atoms with Crippen molar-refractivity contribution >= 4 is 48.0 Å². The molecule has 0 aromatic heterocycles. The van der Waals surface area contributed by atoms with Crippen LogP contribution in [0.15, 0.2) is 109 Å². The number of allylic oxidation sites excluding steroid dienone is 1. The van der Waals surface area contributed by atoms with Crippen LogP contribution in [0.4, 0.5) is 17.1 Å². The number of hydrogen-bond acceptors (Lipinski definition) is 3. The second-order valence-electron chi connectivity index (χ2n) is 14.2. The van der Waals surface area contributed by atoms with Gasteiger partial charge in [0.15, 0.2) is 11.6 Å². The quantitative estimate of drug-likeness (QED) is 0.113. The number of carbonyl (C=O) groups excluding carboxylic acids is 2. The molecule has 5 aromatic carbocycles. The van der Waals surface area contributed by atoms with E-state index in [4.69, 9.17) is 0 Å². The second-order valence-corrected chi connectivity index (χ2v) is 14.2. The van der Waals surface area contributed by atoms with E-state index in [1.807, 2.05) is 32.1 Å². The predicted molar refractivity (Wildman–Crippen MR) is 198 cm³/mol. The number of anilines is 3. The Balaban J connectivity index is 1.42.